The largest absolute Gasteiger partial charge is 0.123 e. The third-order valence-electron chi connectivity index (χ3n) is 4.11. The van der Waals surface area contributed by atoms with Crippen molar-refractivity contribution in [2.75, 3.05) is 0 Å². The van der Waals surface area contributed by atoms with Gasteiger partial charge in [-0.2, -0.15) is 0 Å². The third-order valence-corrected chi connectivity index (χ3v) is 5.46. The van der Waals surface area contributed by atoms with Crippen LogP contribution in [0.2, 0.25) is 0 Å². The maximum Gasteiger partial charge on any atom is 0.0133 e. The molecule has 1 heteroatoms. The summed E-state index contributed by atoms with van der Waals surface area (Å²) >= 11 is 1.97. The van der Waals surface area contributed by atoms with Gasteiger partial charge in [-0.25, -0.2) is 0 Å². The predicted molar refractivity (Wildman–Crippen MR) is 106 cm³/mol. The minimum Gasteiger partial charge on any atom is -0.123 e. The highest BCUT2D eigenvalue weighted by molar-refractivity contribution is 8.00. The molecule has 0 fully saturated rings. The molecule has 0 nitrogen and oxygen atoms in total. The van der Waals surface area contributed by atoms with Crippen molar-refractivity contribution in [1.29, 1.82) is 0 Å². The number of hydrogen-bond acceptors (Lipinski definition) is 1. The molecule has 0 spiro atoms. The molecule has 0 saturated heterocycles. The molecule has 0 unspecified atom stereocenters. The lowest BCUT2D eigenvalue weighted by Gasteiger charge is -2.14. The van der Waals surface area contributed by atoms with Crippen LogP contribution in [0.15, 0.2) is 41.3 Å². The third kappa shape index (κ3) is 5.14. The first-order chi connectivity index (χ1) is 10.9. The average molecular weight is 327 g/mol. The van der Waals surface area contributed by atoms with Crippen LogP contribution < -0.4 is 0 Å². The summed E-state index contributed by atoms with van der Waals surface area (Å²) in [6.45, 7) is 13.6. The molecule has 0 saturated carbocycles. The molecule has 124 valence electrons. The normalized spacial score (nSPS) is 11.5. The first kappa shape index (κ1) is 18.1. The lowest BCUT2D eigenvalue weighted by molar-refractivity contribution is 0.587. The van der Waals surface area contributed by atoms with Gasteiger partial charge in [0, 0.05) is 10.1 Å². The quantitative estimate of drug-likeness (QED) is 0.512. The highest BCUT2D eigenvalue weighted by Crippen LogP contribution is 2.33. The van der Waals surface area contributed by atoms with Gasteiger partial charge in [0.1, 0.15) is 0 Å². The van der Waals surface area contributed by atoms with E-state index in [2.05, 4.69) is 77.9 Å². The molecule has 0 amide bonds. The topological polar surface area (TPSA) is 0 Å². The number of benzene rings is 2. The molecule has 0 aliphatic heterocycles. The summed E-state index contributed by atoms with van der Waals surface area (Å²) in [4.78, 5) is 1.44. The molecule has 2 aromatic rings. The van der Waals surface area contributed by atoms with E-state index in [-0.39, 0.29) is 0 Å². The van der Waals surface area contributed by atoms with Gasteiger partial charge in [0.25, 0.3) is 0 Å². The molecule has 2 aromatic carbocycles. The monoisotopic (exact) mass is 326 g/mol. The summed E-state index contributed by atoms with van der Waals surface area (Å²) in [6, 6.07) is 13.8. The van der Waals surface area contributed by atoms with Gasteiger partial charge in [0.05, 0.1) is 0 Å². The van der Waals surface area contributed by atoms with Gasteiger partial charge in [-0.15, -0.1) is 11.8 Å². The lowest BCUT2D eigenvalue weighted by Crippen LogP contribution is -1.94. The van der Waals surface area contributed by atoms with Crippen molar-refractivity contribution < 1.29 is 0 Å². The molecule has 0 atom stereocenters. The Balaban J connectivity index is 2.21. The van der Waals surface area contributed by atoms with Crippen molar-refractivity contribution in [2.24, 2.45) is 5.92 Å². The Kier molecular flexibility index (Phi) is 6.35. The summed E-state index contributed by atoms with van der Waals surface area (Å²) in [6.07, 6.45) is 2.44. The van der Waals surface area contributed by atoms with E-state index in [1.807, 2.05) is 11.8 Å². The fourth-order valence-electron chi connectivity index (χ4n) is 2.86. The van der Waals surface area contributed by atoms with Crippen LogP contribution in [-0.4, -0.2) is 5.25 Å². The average Bonchev–Trinajstić information content (AvgIpc) is 2.49. The first-order valence-corrected chi connectivity index (χ1v) is 9.62. The molecule has 0 heterocycles. The number of aryl methyl sites for hydroxylation is 3. The summed E-state index contributed by atoms with van der Waals surface area (Å²) < 4.78 is 0. The second kappa shape index (κ2) is 8.06. The van der Waals surface area contributed by atoms with E-state index in [0.29, 0.717) is 5.25 Å². The fourth-order valence-corrected chi connectivity index (χ4v) is 3.82. The SMILES string of the molecule is Cc1cc(-c2ccc(CCC(C)C)cc2)cc(C)c1SC(C)C. The van der Waals surface area contributed by atoms with E-state index in [9.17, 15) is 0 Å². The standard InChI is InChI=1S/C22H30S/c1-15(2)7-8-19-9-11-20(12-10-19)21-13-17(5)22(18(6)14-21)23-16(3)4/h9-16H,7-8H2,1-6H3. The van der Waals surface area contributed by atoms with Crippen molar-refractivity contribution in [3.63, 3.8) is 0 Å². The Morgan fingerprint density at radius 3 is 1.87 bits per heavy atom. The summed E-state index contributed by atoms with van der Waals surface area (Å²) in [5, 5.41) is 0.624. The van der Waals surface area contributed by atoms with E-state index < -0.39 is 0 Å². The van der Waals surface area contributed by atoms with Crippen molar-refractivity contribution >= 4 is 11.8 Å². The zero-order valence-electron chi connectivity index (χ0n) is 15.4. The van der Waals surface area contributed by atoms with Gasteiger partial charge in [-0.1, -0.05) is 64.1 Å². The predicted octanol–water partition coefficient (Wildman–Crippen LogP) is 7.06. The Bertz CT molecular complexity index is 613. The van der Waals surface area contributed by atoms with E-state index >= 15 is 0 Å². The molecule has 0 aliphatic rings. The highest BCUT2D eigenvalue weighted by Gasteiger charge is 2.09. The van der Waals surface area contributed by atoms with Crippen LogP contribution in [0.4, 0.5) is 0 Å². The second-order valence-corrected chi connectivity index (χ2v) is 8.82. The van der Waals surface area contributed by atoms with E-state index in [1.54, 1.807) is 0 Å². The van der Waals surface area contributed by atoms with Crippen LogP contribution in [0.1, 0.15) is 50.8 Å². The van der Waals surface area contributed by atoms with Gasteiger partial charge in [0.15, 0.2) is 0 Å². The van der Waals surface area contributed by atoms with Crippen molar-refractivity contribution in [1.82, 2.24) is 0 Å². The summed E-state index contributed by atoms with van der Waals surface area (Å²) in [5.74, 6) is 0.769. The Morgan fingerprint density at radius 2 is 1.39 bits per heavy atom. The number of hydrogen-bond donors (Lipinski definition) is 0. The van der Waals surface area contributed by atoms with Crippen molar-refractivity contribution in [3.8, 4) is 11.1 Å². The minimum atomic E-state index is 0.624. The van der Waals surface area contributed by atoms with Gasteiger partial charge in [-0.3, -0.25) is 0 Å². The molecule has 0 N–H and O–H groups in total. The summed E-state index contributed by atoms with van der Waals surface area (Å²) in [5.41, 5.74) is 6.89. The molecule has 0 aliphatic carbocycles. The van der Waals surface area contributed by atoms with Gasteiger partial charge in [-0.05, 0) is 60.4 Å². The highest BCUT2D eigenvalue weighted by atomic mass is 32.2. The maximum absolute atomic E-state index is 2.33. The van der Waals surface area contributed by atoms with Crippen LogP contribution in [0.3, 0.4) is 0 Å². The lowest BCUT2D eigenvalue weighted by atomic mass is 9.97. The summed E-state index contributed by atoms with van der Waals surface area (Å²) in [7, 11) is 0. The Morgan fingerprint density at radius 1 is 0.826 bits per heavy atom. The zero-order chi connectivity index (χ0) is 17.0. The molecule has 0 radical (unpaired) electrons. The molecule has 2 rings (SSSR count). The molecule has 0 aromatic heterocycles. The van der Waals surface area contributed by atoms with Crippen LogP contribution in [0.5, 0.6) is 0 Å². The first-order valence-electron chi connectivity index (χ1n) is 8.74. The number of rotatable bonds is 6. The Hall–Kier alpha value is -1.21. The van der Waals surface area contributed by atoms with E-state index in [1.165, 1.54) is 45.6 Å². The molecule has 23 heavy (non-hydrogen) atoms. The van der Waals surface area contributed by atoms with Crippen LogP contribution >= 0.6 is 11.8 Å². The van der Waals surface area contributed by atoms with E-state index in [4.69, 9.17) is 0 Å². The number of thioether (sulfide) groups is 1. The van der Waals surface area contributed by atoms with Crippen LogP contribution in [0.25, 0.3) is 11.1 Å². The minimum absolute atomic E-state index is 0.624. The maximum atomic E-state index is 2.33. The smallest absolute Gasteiger partial charge is 0.0133 e. The van der Waals surface area contributed by atoms with Crippen LogP contribution in [-0.2, 0) is 6.42 Å². The van der Waals surface area contributed by atoms with Crippen molar-refractivity contribution in [2.45, 2.75) is 64.5 Å². The van der Waals surface area contributed by atoms with Gasteiger partial charge in [0.2, 0.25) is 0 Å². The molecule has 0 bridgehead atoms. The Labute approximate surface area is 146 Å². The fraction of sp³-hybridized carbons (Fsp3) is 0.455. The van der Waals surface area contributed by atoms with E-state index in [0.717, 1.165) is 5.92 Å². The van der Waals surface area contributed by atoms with Crippen molar-refractivity contribution in [3.05, 3.63) is 53.1 Å². The zero-order valence-corrected chi connectivity index (χ0v) is 16.3. The van der Waals surface area contributed by atoms with Gasteiger partial charge < -0.3 is 0 Å². The van der Waals surface area contributed by atoms with Crippen LogP contribution in [0, 0.1) is 19.8 Å². The van der Waals surface area contributed by atoms with Gasteiger partial charge >= 0.3 is 0 Å². The second-order valence-electron chi connectivity index (χ2n) is 7.24. The molecular formula is C22H30S. The molecular weight excluding hydrogens is 296 g/mol.